The molecule has 7 nitrogen and oxygen atoms in total. The molecule has 0 aromatic heterocycles. The Bertz CT molecular complexity index is 605. The second-order valence-electron chi connectivity index (χ2n) is 8.48. The van der Waals surface area contributed by atoms with Crippen molar-refractivity contribution in [3.8, 4) is 0 Å². The predicted octanol–water partition coefficient (Wildman–Crippen LogP) is 4.66. The maximum atomic E-state index is 12.4. The van der Waals surface area contributed by atoms with Crippen molar-refractivity contribution in [2.24, 2.45) is 0 Å². The number of unbranched alkanes of at least 4 members (excludes halogenated alkanes) is 1. The molecule has 1 rings (SSSR count). The normalized spacial score (nSPS) is 11.6. The van der Waals surface area contributed by atoms with E-state index in [9.17, 15) is 9.59 Å². The lowest BCUT2D eigenvalue weighted by Crippen LogP contribution is -2.38. The van der Waals surface area contributed by atoms with Gasteiger partial charge in [-0.15, -0.1) is 0 Å². The molecule has 158 valence electrons. The van der Waals surface area contributed by atoms with E-state index >= 15 is 0 Å². The number of nitrogens with one attached hydrogen (secondary N) is 1. The van der Waals surface area contributed by atoms with Crippen LogP contribution in [0.25, 0.3) is 0 Å². The van der Waals surface area contributed by atoms with Crippen LogP contribution in [-0.2, 0) is 20.9 Å². The summed E-state index contributed by atoms with van der Waals surface area (Å²) in [4.78, 5) is 29.7. The minimum atomic E-state index is -0.607. The van der Waals surface area contributed by atoms with Gasteiger partial charge in [-0.3, -0.25) is 4.84 Å². The van der Waals surface area contributed by atoms with Crippen molar-refractivity contribution in [2.45, 2.75) is 72.2 Å². The number of hydrogen-bond donors (Lipinski definition) is 1. The summed E-state index contributed by atoms with van der Waals surface area (Å²) in [5, 5.41) is 3.94. The molecule has 0 spiro atoms. The molecular formula is C21H34N2O5. The molecule has 28 heavy (non-hydrogen) atoms. The number of nitrogens with zero attached hydrogens (tertiary/aromatic N) is 1. The first-order valence-corrected chi connectivity index (χ1v) is 9.60. The van der Waals surface area contributed by atoms with Crippen molar-refractivity contribution in [3.05, 3.63) is 35.9 Å². The molecule has 0 atom stereocenters. The summed E-state index contributed by atoms with van der Waals surface area (Å²) in [7, 11) is 0. The predicted molar refractivity (Wildman–Crippen MR) is 108 cm³/mol. The highest BCUT2D eigenvalue weighted by Gasteiger charge is 2.23. The van der Waals surface area contributed by atoms with Crippen LogP contribution in [0.3, 0.4) is 0 Å². The van der Waals surface area contributed by atoms with Gasteiger partial charge in [0.15, 0.2) is 0 Å². The third-order valence-electron chi connectivity index (χ3n) is 3.28. The van der Waals surface area contributed by atoms with E-state index in [4.69, 9.17) is 14.3 Å². The molecule has 0 aliphatic rings. The summed E-state index contributed by atoms with van der Waals surface area (Å²) >= 11 is 0. The van der Waals surface area contributed by atoms with Gasteiger partial charge in [0.05, 0.1) is 6.54 Å². The van der Waals surface area contributed by atoms with Crippen molar-refractivity contribution < 1.29 is 23.9 Å². The number of alkyl carbamates (subject to hydrolysis) is 1. The molecular weight excluding hydrogens is 360 g/mol. The van der Waals surface area contributed by atoms with E-state index in [0.29, 0.717) is 25.9 Å². The molecule has 2 amide bonds. The van der Waals surface area contributed by atoms with Gasteiger partial charge >= 0.3 is 12.2 Å². The lowest BCUT2D eigenvalue weighted by molar-refractivity contribution is -0.156. The second kappa shape index (κ2) is 10.9. The maximum absolute atomic E-state index is 12.4. The van der Waals surface area contributed by atoms with Crippen LogP contribution in [0.2, 0.25) is 0 Å². The summed E-state index contributed by atoms with van der Waals surface area (Å²) in [6, 6.07) is 9.61. The Morgan fingerprint density at radius 2 is 1.54 bits per heavy atom. The molecule has 0 aliphatic heterocycles. The number of carbonyl (C=O) groups excluding carboxylic acids is 2. The summed E-state index contributed by atoms with van der Waals surface area (Å²) in [5.41, 5.74) is -0.172. The number of carbonyl (C=O) groups is 2. The molecule has 1 aromatic rings. The number of rotatable bonds is 8. The number of hydroxylamine groups is 2. The maximum Gasteiger partial charge on any atom is 0.434 e. The lowest BCUT2D eigenvalue weighted by Gasteiger charge is -2.26. The highest BCUT2D eigenvalue weighted by Crippen LogP contribution is 2.13. The topological polar surface area (TPSA) is 77.1 Å². The first-order chi connectivity index (χ1) is 13.0. The third-order valence-corrected chi connectivity index (χ3v) is 3.28. The molecule has 0 fully saturated rings. The minimum Gasteiger partial charge on any atom is -0.444 e. The van der Waals surface area contributed by atoms with Gasteiger partial charge in [-0.05, 0) is 59.9 Å². The minimum absolute atomic E-state index is 0.274. The van der Waals surface area contributed by atoms with Gasteiger partial charge in [-0.2, -0.15) is 5.06 Å². The van der Waals surface area contributed by atoms with E-state index < -0.39 is 23.4 Å². The summed E-state index contributed by atoms with van der Waals surface area (Å²) in [6.45, 7) is 12.0. The van der Waals surface area contributed by atoms with E-state index in [1.807, 2.05) is 71.9 Å². The average molecular weight is 395 g/mol. The Morgan fingerprint density at radius 3 is 2.11 bits per heavy atom. The van der Waals surface area contributed by atoms with Gasteiger partial charge in [0, 0.05) is 6.54 Å². The van der Waals surface area contributed by atoms with Gasteiger partial charge in [0.1, 0.15) is 17.8 Å². The Labute approximate surface area is 168 Å². The summed E-state index contributed by atoms with van der Waals surface area (Å²) in [6.07, 6.45) is 0.345. The fourth-order valence-corrected chi connectivity index (χ4v) is 2.13. The molecule has 0 heterocycles. The van der Waals surface area contributed by atoms with Crippen LogP contribution in [0.15, 0.2) is 30.3 Å². The molecule has 0 saturated heterocycles. The zero-order chi connectivity index (χ0) is 21.2. The van der Waals surface area contributed by atoms with Gasteiger partial charge in [0.2, 0.25) is 0 Å². The van der Waals surface area contributed by atoms with E-state index in [1.165, 1.54) is 5.06 Å². The zero-order valence-electron chi connectivity index (χ0n) is 17.9. The number of hydrogen-bond acceptors (Lipinski definition) is 5. The average Bonchev–Trinajstić information content (AvgIpc) is 2.55. The number of benzene rings is 1. The van der Waals surface area contributed by atoms with Gasteiger partial charge in [-0.25, -0.2) is 9.59 Å². The summed E-state index contributed by atoms with van der Waals surface area (Å²) in [5.74, 6) is 0. The van der Waals surface area contributed by atoms with Crippen LogP contribution in [0, 0.1) is 0 Å². The van der Waals surface area contributed by atoms with E-state index in [-0.39, 0.29) is 6.61 Å². The first kappa shape index (κ1) is 23.8. The van der Waals surface area contributed by atoms with Crippen molar-refractivity contribution in [1.82, 2.24) is 10.4 Å². The van der Waals surface area contributed by atoms with Crippen LogP contribution < -0.4 is 5.32 Å². The van der Waals surface area contributed by atoms with Gasteiger partial charge in [0.25, 0.3) is 0 Å². The fourth-order valence-electron chi connectivity index (χ4n) is 2.13. The Kier molecular flexibility index (Phi) is 9.25. The highest BCUT2D eigenvalue weighted by molar-refractivity contribution is 5.67. The standard InChI is InChI=1S/C21H34N2O5/c1-20(2,3)27-18(24)22-14-10-11-15-23(19(25)28-21(4,5)6)26-16-17-12-8-7-9-13-17/h7-9,12-13H,10-11,14-16H2,1-6H3,(H,22,24). The van der Waals surface area contributed by atoms with Gasteiger partial charge < -0.3 is 14.8 Å². The van der Waals surface area contributed by atoms with Crippen LogP contribution in [0.5, 0.6) is 0 Å². The van der Waals surface area contributed by atoms with Crippen LogP contribution in [-0.4, -0.2) is 41.5 Å². The third kappa shape index (κ3) is 11.4. The SMILES string of the molecule is CC(C)(C)OC(=O)NCCCCN(OCc1ccccc1)C(=O)OC(C)(C)C. The quantitative estimate of drug-likeness (QED) is 0.512. The number of amides is 2. The van der Waals surface area contributed by atoms with Crippen LogP contribution in [0.1, 0.15) is 59.9 Å². The Hall–Kier alpha value is -2.28. The molecule has 7 heteroatoms. The van der Waals surface area contributed by atoms with E-state index in [1.54, 1.807) is 0 Å². The molecule has 0 unspecified atom stereocenters. The molecule has 0 aliphatic carbocycles. The zero-order valence-corrected chi connectivity index (χ0v) is 17.9. The smallest absolute Gasteiger partial charge is 0.434 e. The van der Waals surface area contributed by atoms with Gasteiger partial charge in [-0.1, -0.05) is 30.3 Å². The van der Waals surface area contributed by atoms with Crippen LogP contribution >= 0.6 is 0 Å². The second-order valence-corrected chi connectivity index (χ2v) is 8.48. The largest absolute Gasteiger partial charge is 0.444 e. The Balaban J connectivity index is 2.46. The molecule has 0 bridgehead atoms. The van der Waals surface area contributed by atoms with Crippen LogP contribution in [0.4, 0.5) is 9.59 Å². The molecule has 0 radical (unpaired) electrons. The highest BCUT2D eigenvalue weighted by atomic mass is 16.7. The van der Waals surface area contributed by atoms with Crippen molar-refractivity contribution in [1.29, 1.82) is 0 Å². The van der Waals surface area contributed by atoms with Crippen molar-refractivity contribution in [2.75, 3.05) is 13.1 Å². The molecule has 1 N–H and O–H groups in total. The lowest BCUT2D eigenvalue weighted by atomic mass is 10.2. The van der Waals surface area contributed by atoms with Crippen molar-refractivity contribution in [3.63, 3.8) is 0 Å². The summed E-state index contributed by atoms with van der Waals surface area (Å²) < 4.78 is 10.6. The fraction of sp³-hybridized carbons (Fsp3) is 0.619. The monoisotopic (exact) mass is 394 g/mol. The first-order valence-electron chi connectivity index (χ1n) is 9.60. The Morgan fingerprint density at radius 1 is 0.929 bits per heavy atom. The van der Waals surface area contributed by atoms with E-state index in [0.717, 1.165) is 5.56 Å². The van der Waals surface area contributed by atoms with Crippen molar-refractivity contribution >= 4 is 12.2 Å². The number of ether oxygens (including phenoxy) is 2. The molecule has 1 aromatic carbocycles. The van der Waals surface area contributed by atoms with E-state index in [2.05, 4.69) is 5.32 Å². The molecule has 0 saturated carbocycles.